The lowest BCUT2D eigenvalue weighted by molar-refractivity contribution is -0.135. The number of nitrogens with zero attached hydrogens (tertiary/aromatic N) is 2. The van der Waals surface area contributed by atoms with Crippen molar-refractivity contribution in [3.05, 3.63) is 63.7 Å². The number of carbonyl (C=O) groups is 3. The van der Waals surface area contributed by atoms with Crippen LogP contribution in [0.4, 0.5) is 16.2 Å². The smallest absolute Gasteiger partial charge is 0.308 e. The van der Waals surface area contributed by atoms with Crippen LogP contribution in [0.15, 0.2) is 47.3 Å². The molecule has 0 radical (unpaired) electrons. The number of rotatable bonds is 3. The minimum atomic E-state index is -0.849. The zero-order chi connectivity index (χ0) is 22.1. The van der Waals surface area contributed by atoms with E-state index in [1.807, 2.05) is 0 Å². The standard InChI is InChI=1S/C21H18ClN5O4/c1-11-23-14-3-2-4-15(25-21(31)24-13-7-5-12(22)6-8-13)18(14)20(30)27(11)16-9-10-17(28)26-19(16)29/h2-8,16H,9-10H2,1H3,(H2,24,25,31)(H,26,28,29). The molecule has 1 fully saturated rings. The van der Waals surface area contributed by atoms with Gasteiger partial charge in [-0.05, 0) is 49.7 Å². The first-order chi connectivity index (χ1) is 14.8. The lowest BCUT2D eigenvalue weighted by Crippen LogP contribution is -2.45. The summed E-state index contributed by atoms with van der Waals surface area (Å²) in [7, 11) is 0. The van der Waals surface area contributed by atoms with E-state index in [-0.39, 0.29) is 29.8 Å². The number of aromatic nitrogens is 2. The molecule has 0 bridgehead atoms. The molecular weight excluding hydrogens is 422 g/mol. The van der Waals surface area contributed by atoms with Crippen LogP contribution in [-0.4, -0.2) is 27.4 Å². The van der Waals surface area contributed by atoms with Gasteiger partial charge in [-0.1, -0.05) is 17.7 Å². The number of urea groups is 1. The Morgan fingerprint density at radius 3 is 2.58 bits per heavy atom. The van der Waals surface area contributed by atoms with Gasteiger partial charge >= 0.3 is 6.03 Å². The Morgan fingerprint density at radius 2 is 1.87 bits per heavy atom. The summed E-state index contributed by atoms with van der Waals surface area (Å²) in [5.41, 5.74) is 0.689. The van der Waals surface area contributed by atoms with E-state index in [2.05, 4.69) is 20.9 Å². The van der Waals surface area contributed by atoms with Gasteiger partial charge in [0.2, 0.25) is 11.8 Å². The summed E-state index contributed by atoms with van der Waals surface area (Å²) < 4.78 is 1.27. The number of hydrogen-bond acceptors (Lipinski definition) is 5. The average Bonchev–Trinajstić information content (AvgIpc) is 2.71. The number of benzene rings is 2. The van der Waals surface area contributed by atoms with Crippen LogP contribution in [0.1, 0.15) is 24.7 Å². The highest BCUT2D eigenvalue weighted by Gasteiger charge is 2.30. The first kappa shape index (κ1) is 20.5. The third-order valence-corrected chi connectivity index (χ3v) is 5.23. The van der Waals surface area contributed by atoms with Crippen molar-refractivity contribution in [3.63, 3.8) is 0 Å². The van der Waals surface area contributed by atoms with Gasteiger partial charge in [-0.25, -0.2) is 9.78 Å². The molecule has 4 rings (SSSR count). The van der Waals surface area contributed by atoms with Gasteiger partial charge in [0.1, 0.15) is 11.9 Å². The van der Waals surface area contributed by atoms with Crippen LogP contribution in [0.25, 0.3) is 10.9 Å². The molecule has 1 aliphatic heterocycles. The highest BCUT2D eigenvalue weighted by Crippen LogP contribution is 2.23. The number of aryl methyl sites for hydroxylation is 1. The summed E-state index contributed by atoms with van der Waals surface area (Å²) in [6.45, 7) is 1.62. The first-order valence-corrected chi connectivity index (χ1v) is 9.90. The number of carbonyl (C=O) groups excluding carboxylic acids is 3. The van der Waals surface area contributed by atoms with E-state index < -0.39 is 23.5 Å². The van der Waals surface area contributed by atoms with Crippen LogP contribution in [-0.2, 0) is 9.59 Å². The van der Waals surface area contributed by atoms with Gasteiger partial charge in [-0.2, -0.15) is 0 Å². The molecule has 1 unspecified atom stereocenters. The molecule has 158 valence electrons. The summed E-state index contributed by atoms with van der Waals surface area (Å²) in [5, 5.41) is 8.29. The van der Waals surface area contributed by atoms with Gasteiger partial charge in [0, 0.05) is 17.1 Å². The Hall–Kier alpha value is -3.72. The van der Waals surface area contributed by atoms with Gasteiger partial charge in [-0.15, -0.1) is 0 Å². The third kappa shape index (κ3) is 4.13. The van der Waals surface area contributed by atoms with Crippen LogP contribution < -0.4 is 21.5 Å². The number of piperidine rings is 1. The van der Waals surface area contributed by atoms with E-state index in [1.54, 1.807) is 49.4 Å². The molecule has 9 nitrogen and oxygen atoms in total. The maximum atomic E-state index is 13.3. The second kappa shape index (κ2) is 8.19. The molecule has 0 saturated carbocycles. The van der Waals surface area contributed by atoms with Gasteiger partial charge in [0.25, 0.3) is 5.56 Å². The second-order valence-electron chi connectivity index (χ2n) is 7.09. The van der Waals surface area contributed by atoms with E-state index >= 15 is 0 Å². The number of hydrogen-bond donors (Lipinski definition) is 3. The largest absolute Gasteiger partial charge is 0.323 e. The van der Waals surface area contributed by atoms with Gasteiger partial charge in [0.05, 0.1) is 16.6 Å². The fourth-order valence-corrected chi connectivity index (χ4v) is 3.70. The third-order valence-electron chi connectivity index (χ3n) is 4.98. The Balaban J connectivity index is 1.70. The topological polar surface area (TPSA) is 122 Å². The highest BCUT2D eigenvalue weighted by molar-refractivity contribution is 6.30. The number of nitrogens with one attached hydrogen (secondary N) is 3. The Kier molecular flexibility index (Phi) is 5.43. The SMILES string of the molecule is Cc1nc2cccc(NC(=O)Nc3ccc(Cl)cc3)c2c(=O)n1C1CCC(=O)NC1=O. The minimum Gasteiger partial charge on any atom is -0.308 e. The van der Waals surface area contributed by atoms with Crippen molar-refractivity contribution in [3.8, 4) is 0 Å². The highest BCUT2D eigenvalue weighted by atomic mass is 35.5. The zero-order valence-corrected chi connectivity index (χ0v) is 17.2. The van der Waals surface area contributed by atoms with Crippen molar-refractivity contribution in [2.75, 3.05) is 10.6 Å². The number of halogens is 1. The molecule has 1 aromatic heterocycles. The van der Waals surface area contributed by atoms with E-state index in [0.29, 0.717) is 22.1 Å². The lowest BCUT2D eigenvalue weighted by atomic mass is 10.1. The van der Waals surface area contributed by atoms with Crippen molar-refractivity contribution in [1.29, 1.82) is 0 Å². The van der Waals surface area contributed by atoms with E-state index in [9.17, 15) is 19.2 Å². The summed E-state index contributed by atoms with van der Waals surface area (Å²) in [6, 6.07) is 10.1. The quantitative estimate of drug-likeness (QED) is 0.541. The Labute approximate surface area is 181 Å². The van der Waals surface area contributed by atoms with E-state index in [0.717, 1.165) is 0 Å². The molecule has 3 aromatic rings. The normalized spacial score (nSPS) is 16.1. The molecule has 0 aliphatic carbocycles. The molecule has 2 aromatic carbocycles. The van der Waals surface area contributed by atoms with E-state index in [1.165, 1.54) is 4.57 Å². The number of fused-ring (bicyclic) bond motifs is 1. The molecule has 1 atom stereocenters. The maximum absolute atomic E-state index is 13.3. The molecule has 1 aliphatic rings. The molecule has 10 heteroatoms. The number of anilines is 2. The predicted molar refractivity (Wildman–Crippen MR) is 116 cm³/mol. The monoisotopic (exact) mass is 439 g/mol. The van der Waals surface area contributed by atoms with Gasteiger partial charge in [-0.3, -0.25) is 24.3 Å². The molecule has 2 heterocycles. The zero-order valence-electron chi connectivity index (χ0n) is 16.4. The van der Waals surface area contributed by atoms with Crippen molar-refractivity contribution in [2.24, 2.45) is 0 Å². The Bertz CT molecular complexity index is 1270. The molecule has 3 N–H and O–H groups in total. The Morgan fingerprint density at radius 1 is 1.13 bits per heavy atom. The lowest BCUT2D eigenvalue weighted by Gasteiger charge is -2.24. The molecular formula is C21H18ClN5O4. The minimum absolute atomic E-state index is 0.129. The predicted octanol–water partition coefficient (Wildman–Crippen LogP) is 2.98. The average molecular weight is 440 g/mol. The van der Waals surface area contributed by atoms with E-state index in [4.69, 9.17) is 11.6 Å². The van der Waals surface area contributed by atoms with Crippen LogP contribution >= 0.6 is 11.6 Å². The molecule has 31 heavy (non-hydrogen) atoms. The van der Waals surface area contributed by atoms with Crippen LogP contribution in [0.2, 0.25) is 5.02 Å². The van der Waals surface area contributed by atoms with Crippen molar-refractivity contribution < 1.29 is 14.4 Å². The summed E-state index contributed by atoms with van der Waals surface area (Å²) >= 11 is 5.85. The number of imide groups is 1. The van der Waals surface area contributed by atoms with Gasteiger partial charge in [0.15, 0.2) is 0 Å². The van der Waals surface area contributed by atoms with Gasteiger partial charge < -0.3 is 10.6 Å². The first-order valence-electron chi connectivity index (χ1n) is 9.52. The fraction of sp³-hybridized carbons (Fsp3) is 0.190. The maximum Gasteiger partial charge on any atom is 0.323 e. The number of amides is 4. The molecule has 0 spiro atoms. The summed E-state index contributed by atoms with van der Waals surface area (Å²) in [6.07, 6.45) is 0.328. The molecule has 4 amide bonds. The fourth-order valence-electron chi connectivity index (χ4n) is 3.57. The summed E-state index contributed by atoms with van der Waals surface area (Å²) in [4.78, 5) is 54.1. The summed E-state index contributed by atoms with van der Waals surface area (Å²) in [5.74, 6) is -0.579. The van der Waals surface area contributed by atoms with Crippen molar-refractivity contribution in [1.82, 2.24) is 14.9 Å². The van der Waals surface area contributed by atoms with Crippen molar-refractivity contribution >= 4 is 51.7 Å². The van der Waals surface area contributed by atoms with Crippen LogP contribution in [0, 0.1) is 6.92 Å². The second-order valence-corrected chi connectivity index (χ2v) is 7.52. The molecule has 1 saturated heterocycles. The van der Waals surface area contributed by atoms with Crippen LogP contribution in [0.3, 0.4) is 0 Å². The van der Waals surface area contributed by atoms with Crippen LogP contribution in [0.5, 0.6) is 0 Å². The van der Waals surface area contributed by atoms with Crippen molar-refractivity contribution in [2.45, 2.75) is 25.8 Å².